The summed E-state index contributed by atoms with van der Waals surface area (Å²) in [6.07, 6.45) is 1.64. The number of ether oxygens (including phenoxy) is 1. The van der Waals surface area contributed by atoms with E-state index < -0.39 is 17.7 Å². The van der Waals surface area contributed by atoms with Crippen LogP contribution in [0.2, 0.25) is 5.02 Å². The molecule has 0 saturated carbocycles. The molecule has 3 aromatic rings. The minimum absolute atomic E-state index is 0.0965. The Morgan fingerprint density at radius 1 is 1.28 bits per heavy atom. The summed E-state index contributed by atoms with van der Waals surface area (Å²) in [5.74, 6) is 0.0965. The molecule has 3 N–H and O–H groups in total. The average Bonchev–Trinajstić information content (AvgIpc) is 3.17. The number of amides is 1. The number of benzene rings is 2. The first-order valence-corrected chi connectivity index (χ1v) is 11.2. The summed E-state index contributed by atoms with van der Waals surface area (Å²) in [4.78, 5) is 16.7. The van der Waals surface area contributed by atoms with Gasteiger partial charge in [0.05, 0.1) is 11.7 Å². The second kappa shape index (κ2) is 10.5. The summed E-state index contributed by atoms with van der Waals surface area (Å²) in [7, 11) is 0. The van der Waals surface area contributed by atoms with Crippen LogP contribution in [-0.4, -0.2) is 34.0 Å². The minimum atomic E-state index is -0.597. The second-order valence-corrected chi connectivity index (χ2v) is 9.33. The molecule has 1 unspecified atom stereocenters. The van der Waals surface area contributed by atoms with Crippen molar-refractivity contribution in [3.8, 4) is 17.0 Å². The van der Waals surface area contributed by atoms with E-state index in [-0.39, 0.29) is 5.75 Å². The van der Waals surface area contributed by atoms with Crippen molar-refractivity contribution < 1.29 is 14.6 Å². The molecule has 0 saturated heterocycles. The van der Waals surface area contributed by atoms with Gasteiger partial charge in [-0.15, -0.1) is 11.3 Å². The summed E-state index contributed by atoms with van der Waals surface area (Å²) in [6.45, 7) is 5.44. The van der Waals surface area contributed by atoms with Gasteiger partial charge in [0.15, 0.2) is 0 Å². The molecular formula is C23H25ClN4O3S. The number of carbonyl (C=O) groups is 1. The zero-order valence-corrected chi connectivity index (χ0v) is 19.6. The van der Waals surface area contributed by atoms with E-state index in [4.69, 9.17) is 16.3 Å². The Balaban J connectivity index is 1.69. The van der Waals surface area contributed by atoms with E-state index in [1.165, 1.54) is 17.4 Å². The van der Waals surface area contributed by atoms with Gasteiger partial charge >= 0.3 is 6.09 Å². The van der Waals surface area contributed by atoms with Gasteiger partial charge < -0.3 is 15.2 Å². The molecule has 0 aliphatic carbocycles. The van der Waals surface area contributed by atoms with Crippen molar-refractivity contribution in [1.29, 1.82) is 0 Å². The third-order valence-electron chi connectivity index (χ3n) is 4.15. The standard InChI is InChI=1S/C23H25ClN4O3S/c1-23(2,3)31-22(30)26-17(11-15-7-5-4-6-8-15)13-25-28-21-27-19(14-32-21)18-12-16(24)9-10-20(18)29/h4-10,12-14,17,29H,11H2,1-3H3,(H,26,30)(H,27,28)/b25-13+. The van der Waals surface area contributed by atoms with E-state index in [9.17, 15) is 9.90 Å². The summed E-state index contributed by atoms with van der Waals surface area (Å²) < 4.78 is 5.37. The van der Waals surface area contributed by atoms with Gasteiger partial charge in [0.1, 0.15) is 11.4 Å². The number of thiazole rings is 1. The molecule has 0 radical (unpaired) electrons. The Hall–Kier alpha value is -3.10. The molecule has 32 heavy (non-hydrogen) atoms. The number of phenols is 1. The van der Waals surface area contributed by atoms with E-state index >= 15 is 0 Å². The lowest BCUT2D eigenvalue weighted by atomic mass is 10.1. The van der Waals surface area contributed by atoms with Gasteiger partial charge in [0.2, 0.25) is 5.13 Å². The quantitative estimate of drug-likeness (QED) is 0.302. The Morgan fingerprint density at radius 2 is 2.03 bits per heavy atom. The Morgan fingerprint density at radius 3 is 2.75 bits per heavy atom. The van der Waals surface area contributed by atoms with Crippen LogP contribution in [0.15, 0.2) is 59.0 Å². The van der Waals surface area contributed by atoms with Crippen LogP contribution in [0.5, 0.6) is 5.75 Å². The number of rotatable bonds is 7. The number of anilines is 1. The van der Waals surface area contributed by atoms with Gasteiger partial charge in [0.25, 0.3) is 0 Å². The Bertz CT molecular complexity index is 1080. The highest BCUT2D eigenvalue weighted by molar-refractivity contribution is 7.14. The number of alkyl carbamates (subject to hydrolysis) is 1. The van der Waals surface area contributed by atoms with Gasteiger partial charge in [-0.25, -0.2) is 9.78 Å². The SMILES string of the molecule is CC(C)(C)OC(=O)NC(/C=N/Nc1nc(-c2cc(Cl)ccc2O)cs1)Cc1ccccc1. The van der Waals surface area contributed by atoms with Crippen molar-refractivity contribution >= 4 is 40.4 Å². The molecule has 0 fully saturated rings. The first-order chi connectivity index (χ1) is 15.2. The molecule has 1 atom stereocenters. The molecule has 3 rings (SSSR count). The lowest BCUT2D eigenvalue weighted by Crippen LogP contribution is -2.41. The zero-order chi connectivity index (χ0) is 23.1. The highest BCUT2D eigenvalue weighted by Crippen LogP contribution is 2.33. The molecule has 0 aliphatic rings. The van der Waals surface area contributed by atoms with E-state index in [2.05, 4.69) is 20.8 Å². The van der Waals surface area contributed by atoms with Crippen molar-refractivity contribution in [2.24, 2.45) is 5.10 Å². The summed E-state index contributed by atoms with van der Waals surface area (Å²) in [5, 5.41) is 20.0. The fraction of sp³-hybridized carbons (Fsp3) is 0.261. The maximum atomic E-state index is 12.3. The van der Waals surface area contributed by atoms with Crippen LogP contribution < -0.4 is 10.7 Å². The van der Waals surface area contributed by atoms with E-state index in [1.54, 1.807) is 23.7 Å². The fourth-order valence-electron chi connectivity index (χ4n) is 2.81. The number of aromatic nitrogens is 1. The van der Waals surface area contributed by atoms with Crippen LogP contribution in [-0.2, 0) is 11.2 Å². The van der Waals surface area contributed by atoms with Gasteiger partial charge in [-0.05, 0) is 51.0 Å². The smallest absolute Gasteiger partial charge is 0.408 e. The van der Waals surface area contributed by atoms with E-state index in [1.807, 2.05) is 51.1 Å². The molecule has 2 aromatic carbocycles. The summed E-state index contributed by atoms with van der Waals surface area (Å²) >= 11 is 7.35. The Labute approximate surface area is 196 Å². The molecule has 0 spiro atoms. The maximum Gasteiger partial charge on any atom is 0.408 e. The van der Waals surface area contributed by atoms with Crippen molar-refractivity contribution in [2.45, 2.75) is 38.8 Å². The monoisotopic (exact) mass is 472 g/mol. The van der Waals surface area contributed by atoms with Crippen LogP contribution in [0.3, 0.4) is 0 Å². The van der Waals surface area contributed by atoms with Crippen LogP contribution in [0.1, 0.15) is 26.3 Å². The zero-order valence-electron chi connectivity index (χ0n) is 18.0. The normalized spacial score (nSPS) is 12.5. The predicted molar refractivity (Wildman–Crippen MR) is 130 cm³/mol. The molecular weight excluding hydrogens is 448 g/mol. The number of hydrazone groups is 1. The first-order valence-electron chi connectivity index (χ1n) is 9.97. The lowest BCUT2D eigenvalue weighted by Gasteiger charge is -2.22. The van der Waals surface area contributed by atoms with Gasteiger partial charge in [-0.2, -0.15) is 5.10 Å². The highest BCUT2D eigenvalue weighted by atomic mass is 35.5. The number of nitrogens with zero attached hydrogens (tertiary/aromatic N) is 2. The third kappa shape index (κ3) is 7.25. The molecule has 0 bridgehead atoms. The van der Waals surface area contributed by atoms with Crippen molar-refractivity contribution in [1.82, 2.24) is 10.3 Å². The van der Waals surface area contributed by atoms with Crippen LogP contribution in [0.25, 0.3) is 11.3 Å². The molecule has 1 amide bonds. The van der Waals surface area contributed by atoms with Gasteiger partial charge in [-0.3, -0.25) is 5.43 Å². The van der Waals surface area contributed by atoms with Gasteiger partial charge in [0, 0.05) is 22.2 Å². The first kappa shape index (κ1) is 23.6. The summed E-state index contributed by atoms with van der Waals surface area (Å²) in [6, 6.07) is 14.2. The number of nitrogens with one attached hydrogen (secondary N) is 2. The number of hydrogen-bond acceptors (Lipinski definition) is 7. The molecule has 1 heterocycles. The lowest BCUT2D eigenvalue weighted by molar-refractivity contribution is 0.0519. The number of halogens is 1. The Kier molecular flexibility index (Phi) is 7.71. The summed E-state index contributed by atoms with van der Waals surface area (Å²) in [5.41, 5.74) is 4.45. The van der Waals surface area contributed by atoms with E-state index in [0.717, 1.165) is 5.56 Å². The van der Waals surface area contributed by atoms with Crippen molar-refractivity contribution in [2.75, 3.05) is 5.43 Å². The molecule has 168 valence electrons. The van der Waals surface area contributed by atoms with Crippen molar-refractivity contribution in [3.05, 3.63) is 64.5 Å². The second-order valence-electron chi connectivity index (χ2n) is 8.03. The molecule has 9 heteroatoms. The number of carbonyl (C=O) groups excluding carboxylic acids is 1. The van der Waals surface area contributed by atoms with Crippen molar-refractivity contribution in [3.63, 3.8) is 0 Å². The number of phenolic OH excluding ortho intramolecular Hbond substituents is 1. The predicted octanol–water partition coefficient (Wildman–Crippen LogP) is 5.70. The highest BCUT2D eigenvalue weighted by Gasteiger charge is 2.19. The van der Waals surface area contributed by atoms with Crippen LogP contribution in [0.4, 0.5) is 9.93 Å². The topological polar surface area (TPSA) is 95.8 Å². The fourth-order valence-corrected chi connectivity index (χ4v) is 3.64. The number of aromatic hydroxyl groups is 1. The molecule has 1 aromatic heterocycles. The largest absolute Gasteiger partial charge is 0.507 e. The third-order valence-corrected chi connectivity index (χ3v) is 5.14. The minimum Gasteiger partial charge on any atom is -0.507 e. The molecule has 0 aliphatic heterocycles. The molecule has 7 nitrogen and oxygen atoms in total. The van der Waals surface area contributed by atoms with Gasteiger partial charge in [-0.1, -0.05) is 41.9 Å². The average molecular weight is 473 g/mol. The van der Waals surface area contributed by atoms with Crippen LogP contribution >= 0.6 is 22.9 Å². The van der Waals surface area contributed by atoms with E-state index in [0.29, 0.717) is 27.8 Å². The maximum absolute atomic E-state index is 12.3. The number of hydrogen-bond donors (Lipinski definition) is 3. The van der Waals surface area contributed by atoms with Crippen LogP contribution in [0, 0.1) is 0 Å².